The third kappa shape index (κ3) is 4.54. The fourth-order valence-electron chi connectivity index (χ4n) is 5.90. The Balaban J connectivity index is 1.22. The summed E-state index contributed by atoms with van der Waals surface area (Å²) in [7, 11) is 0. The third-order valence-electron chi connectivity index (χ3n) is 7.83. The Labute approximate surface area is 204 Å². The Morgan fingerprint density at radius 3 is 2.23 bits per heavy atom. The molecular weight excluding hydrogens is 446 g/mol. The Morgan fingerprint density at radius 1 is 0.886 bits per heavy atom. The quantitative estimate of drug-likeness (QED) is 0.521. The minimum Gasteiger partial charge on any atom is -0.355 e. The molecule has 3 aromatic rings. The largest absolute Gasteiger partial charge is 0.355 e. The monoisotopic (exact) mass is 476 g/mol. The first-order valence-electron chi connectivity index (χ1n) is 12.5. The van der Waals surface area contributed by atoms with Crippen molar-refractivity contribution in [2.24, 2.45) is 5.92 Å². The highest BCUT2D eigenvalue weighted by Gasteiger charge is 2.40. The first kappa shape index (κ1) is 23.5. The molecule has 3 aromatic carbocycles. The second-order valence-corrected chi connectivity index (χ2v) is 9.90. The van der Waals surface area contributed by atoms with Crippen molar-refractivity contribution in [2.75, 3.05) is 19.6 Å². The molecule has 2 fully saturated rings. The average Bonchev–Trinajstić information content (AvgIpc) is 3.36. The number of benzene rings is 3. The van der Waals surface area contributed by atoms with Crippen molar-refractivity contribution in [3.8, 4) is 0 Å². The standard InChI is InChI=1S/C29H30F2N2O2/c30-24-11-6-12-25(31)26(24)29(15-3-4-16-29)19-32-27(34)21-13-17-33(18-14-21)28(35)23-10-5-8-20-7-1-2-9-22(20)23/h1-2,5-12,21H,3-4,13-19H2,(H,32,34). The van der Waals surface area contributed by atoms with Gasteiger partial charge in [0.05, 0.1) is 0 Å². The maximum atomic E-state index is 14.6. The molecule has 0 spiro atoms. The number of hydrogen-bond acceptors (Lipinski definition) is 2. The van der Waals surface area contributed by atoms with Crippen LogP contribution in [0.5, 0.6) is 0 Å². The van der Waals surface area contributed by atoms with Gasteiger partial charge in [0.1, 0.15) is 11.6 Å². The van der Waals surface area contributed by atoms with Gasteiger partial charge in [0, 0.05) is 42.1 Å². The molecule has 6 heteroatoms. The molecule has 0 bridgehead atoms. The SMILES string of the molecule is O=C(NCC1(c2c(F)cccc2F)CCCC1)C1CCN(C(=O)c2cccc3ccccc23)CC1. The van der Waals surface area contributed by atoms with Crippen LogP contribution >= 0.6 is 0 Å². The number of amides is 2. The molecule has 0 atom stereocenters. The van der Waals surface area contributed by atoms with E-state index >= 15 is 0 Å². The van der Waals surface area contributed by atoms with Crippen molar-refractivity contribution in [3.63, 3.8) is 0 Å². The highest BCUT2D eigenvalue weighted by molar-refractivity contribution is 6.07. The zero-order valence-corrected chi connectivity index (χ0v) is 19.7. The first-order chi connectivity index (χ1) is 17.0. The van der Waals surface area contributed by atoms with Crippen LogP contribution in [0.1, 0.15) is 54.4 Å². The van der Waals surface area contributed by atoms with Gasteiger partial charge < -0.3 is 10.2 Å². The molecule has 1 aliphatic heterocycles. The number of nitrogens with zero attached hydrogens (tertiary/aromatic N) is 1. The van der Waals surface area contributed by atoms with E-state index in [1.165, 1.54) is 18.2 Å². The lowest BCUT2D eigenvalue weighted by atomic mass is 9.78. The summed E-state index contributed by atoms with van der Waals surface area (Å²) in [5.74, 6) is -1.40. The molecule has 1 saturated carbocycles. The lowest BCUT2D eigenvalue weighted by molar-refractivity contribution is -0.126. The van der Waals surface area contributed by atoms with Crippen molar-refractivity contribution in [1.29, 1.82) is 0 Å². The second kappa shape index (κ2) is 9.76. The van der Waals surface area contributed by atoms with Gasteiger partial charge in [-0.3, -0.25) is 9.59 Å². The summed E-state index contributed by atoms with van der Waals surface area (Å²) < 4.78 is 29.2. The Bertz CT molecular complexity index is 1220. The van der Waals surface area contributed by atoms with E-state index in [9.17, 15) is 18.4 Å². The van der Waals surface area contributed by atoms with Crippen LogP contribution in [0.2, 0.25) is 0 Å². The molecule has 0 radical (unpaired) electrons. The molecule has 1 aliphatic carbocycles. The summed E-state index contributed by atoms with van der Waals surface area (Å²) in [4.78, 5) is 28.0. The molecule has 5 rings (SSSR count). The molecule has 2 amide bonds. The van der Waals surface area contributed by atoms with Crippen molar-refractivity contribution in [2.45, 2.75) is 43.9 Å². The Hall–Kier alpha value is -3.28. The highest BCUT2D eigenvalue weighted by Crippen LogP contribution is 2.43. The number of nitrogens with one attached hydrogen (secondary N) is 1. The molecule has 4 nitrogen and oxygen atoms in total. The van der Waals surface area contributed by atoms with Gasteiger partial charge in [0.15, 0.2) is 0 Å². The van der Waals surface area contributed by atoms with Gasteiger partial charge in [-0.2, -0.15) is 0 Å². The molecule has 35 heavy (non-hydrogen) atoms. The summed E-state index contributed by atoms with van der Waals surface area (Å²) in [5, 5.41) is 4.97. The zero-order chi connectivity index (χ0) is 24.4. The van der Waals surface area contributed by atoms with E-state index in [4.69, 9.17) is 0 Å². The number of hydrogen-bond donors (Lipinski definition) is 1. The van der Waals surface area contributed by atoms with Crippen LogP contribution in [0.15, 0.2) is 60.7 Å². The van der Waals surface area contributed by atoms with Gasteiger partial charge in [-0.15, -0.1) is 0 Å². The number of piperidine rings is 1. The predicted octanol–water partition coefficient (Wildman–Crippen LogP) is 5.60. The summed E-state index contributed by atoms with van der Waals surface area (Å²) in [6, 6.07) is 17.5. The van der Waals surface area contributed by atoms with E-state index < -0.39 is 17.0 Å². The molecule has 0 aromatic heterocycles. The predicted molar refractivity (Wildman–Crippen MR) is 132 cm³/mol. The van der Waals surface area contributed by atoms with Crippen LogP contribution < -0.4 is 5.32 Å². The summed E-state index contributed by atoms with van der Waals surface area (Å²) >= 11 is 0. The number of fused-ring (bicyclic) bond motifs is 1. The molecule has 1 heterocycles. The molecule has 182 valence electrons. The molecule has 1 N–H and O–H groups in total. The summed E-state index contributed by atoms with van der Waals surface area (Å²) in [6.07, 6.45) is 4.23. The molecule has 1 saturated heterocycles. The lowest BCUT2D eigenvalue weighted by Gasteiger charge is -2.34. The number of rotatable bonds is 5. The van der Waals surface area contributed by atoms with Crippen molar-refractivity contribution in [3.05, 3.63) is 83.4 Å². The molecule has 0 unspecified atom stereocenters. The number of carbonyl (C=O) groups is 2. The van der Waals surface area contributed by atoms with Gasteiger partial charge >= 0.3 is 0 Å². The van der Waals surface area contributed by atoms with E-state index in [1.54, 1.807) is 0 Å². The fourth-order valence-corrected chi connectivity index (χ4v) is 5.90. The van der Waals surface area contributed by atoms with Gasteiger partial charge in [0.25, 0.3) is 5.91 Å². The van der Waals surface area contributed by atoms with Crippen LogP contribution in [0, 0.1) is 17.6 Å². The fraction of sp³-hybridized carbons (Fsp3) is 0.379. The topological polar surface area (TPSA) is 49.4 Å². The minimum atomic E-state index is -0.698. The van der Waals surface area contributed by atoms with E-state index in [0.717, 1.165) is 23.6 Å². The second-order valence-electron chi connectivity index (χ2n) is 9.90. The summed E-state index contributed by atoms with van der Waals surface area (Å²) in [6.45, 7) is 1.25. The number of carbonyl (C=O) groups excluding carboxylic acids is 2. The van der Waals surface area contributed by atoms with Crippen LogP contribution in [-0.2, 0) is 10.2 Å². The maximum Gasteiger partial charge on any atom is 0.254 e. The van der Waals surface area contributed by atoms with E-state index in [1.807, 2.05) is 47.4 Å². The Kier molecular flexibility index (Phi) is 6.54. The lowest BCUT2D eigenvalue weighted by Crippen LogP contribution is -2.46. The van der Waals surface area contributed by atoms with Crippen LogP contribution in [0.4, 0.5) is 8.78 Å². The van der Waals surface area contributed by atoms with Crippen molar-refractivity contribution in [1.82, 2.24) is 10.2 Å². The molecule has 2 aliphatic rings. The van der Waals surface area contributed by atoms with Crippen molar-refractivity contribution >= 4 is 22.6 Å². The van der Waals surface area contributed by atoms with Gasteiger partial charge in [0.2, 0.25) is 5.91 Å². The first-order valence-corrected chi connectivity index (χ1v) is 12.5. The third-order valence-corrected chi connectivity index (χ3v) is 7.83. The van der Waals surface area contributed by atoms with Crippen LogP contribution in [0.3, 0.4) is 0 Å². The smallest absolute Gasteiger partial charge is 0.254 e. The number of likely N-dealkylation sites (tertiary alicyclic amines) is 1. The highest BCUT2D eigenvalue weighted by atomic mass is 19.1. The zero-order valence-electron chi connectivity index (χ0n) is 19.7. The minimum absolute atomic E-state index is 0.0133. The Morgan fingerprint density at radius 2 is 1.51 bits per heavy atom. The van der Waals surface area contributed by atoms with E-state index in [-0.39, 0.29) is 29.8 Å². The summed E-state index contributed by atoms with van der Waals surface area (Å²) in [5.41, 5.74) is 0.0882. The molecular formula is C29H30F2N2O2. The normalized spacial score (nSPS) is 18.1. The van der Waals surface area contributed by atoms with Crippen LogP contribution in [0.25, 0.3) is 10.8 Å². The van der Waals surface area contributed by atoms with E-state index in [2.05, 4.69) is 5.32 Å². The van der Waals surface area contributed by atoms with Crippen LogP contribution in [-0.4, -0.2) is 36.3 Å². The van der Waals surface area contributed by atoms with E-state index in [0.29, 0.717) is 44.3 Å². The van der Waals surface area contributed by atoms with Gasteiger partial charge in [-0.25, -0.2) is 8.78 Å². The average molecular weight is 477 g/mol. The van der Waals surface area contributed by atoms with Gasteiger partial charge in [-0.1, -0.05) is 55.3 Å². The number of halogens is 2. The van der Waals surface area contributed by atoms with Gasteiger partial charge in [-0.05, 0) is 54.7 Å². The maximum absolute atomic E-state index is 14.6. The van der Waals surface area contributed by atoms with Crippen molar-refractivity contribution < 1.29 is 18.4 Å².